The topological polar surface area (TPSA) is 25.2 Å². The summed E-state index contributed by atoms with van der Waals surface area (Å²) in [6.45, 7) is 5.19. The van der Waals surface area contributed by atoms with Crippen LogP contribution in [0.25, 0.3) is 0 Å². The smallest absolute Gasteiger partial charge is 0.139 e. The van der Waals surface area contributed by atoms with Gasteiger partial charge in [0.25, 0.3) is 0 Å². The molecule has 0 aliphatic carbocycles. The SMILES string of the molecule is CCCNC(c1ccc(C)cc1Br)c1occc1Br. The molecule has 0 fully saturated rings. The third-order valence-electron chi connectivity index (χ3n) is 2.97. The van der Waals surface area contributed by atoms with Crippen LogP contribution in [0.3, 0.4) is 0 Å². The number of aryl methyl sites for hydroxylation is 1. The first-order chi connectivity index (χ1) is 9.13. The summed E-state index contributed by atoms with van der Waals surface area (Å²) in [7, 11) is 0. The van der Waals surface area contributed by atoms with Crippen LogP contribution in [0, 0.1) is 6.92 Å². The summed E-state index contributed by atoms with van der Waals surface area (Å²) < 4.78 is 7.73. The molecule has 19 heavy (non-hydrogen) atoms. The molecule has 1 N–H and O–H groups in total. The maximum Gasteiger partial charge on any atom is 0.139 e. The molecule has 102 valence electrons. The average Bonchev–Trinajstić information content (AvgIpc) is 2.78. The van der Waals surface area contributed by atoms with Crippen LogP contribution in [0.4, 0.5) is 0 Å². The Morgan fingerprint density at radius 3 is 2.58 bits per heavy atom. The lowest BCUT2D eigenvalue weighted by Crippen LogP contribution is -2.23. The van der Waals surface area contributed by atoms with Crippen molar-refractivity contribution < 1.29 is 4.42 Å². The van der Waals surface area contributed by atoms with Gasteiger partial charge in [-0.3, -0.25) is 0 Å². The van der Waals surface area contributed by atoms with E-state index < -0.39 is 0 Å². The summed E-state index contributed by atoms with van der Waals surface area (Å²) in [4.78, 5) is 0. The van der Waals surface area contributed by atoms with E-state index in [1.807, 2.05) is 6.07 Å². The Labute approximate surface area is 130 Å². The van der Waals surface area contributed by atoms with E-state index in [0.717, 1.165) is 27.7 Å². The predicted octanol–water partition coefficient (Wildman–Crippen LogP) is 5.20. The number of halogens is 2. The standard InChI is InChI=1S/C15H17Br2NO/c1-3-7-18-14(15-12(16)6-8-19-15)11-5-4-10(2)9-13(11)17/h4-6,8-9,14,18H,3,7H2,1-2H3. The van der Waals surface area contributed by atoms with Crippen molar-refractivity contribution in [3.63, 3.8) is 0 Å². The van der Waals surface area contributed by atoms with Crippen molar-refractivity contribution in [3.8, 4) is 0 Å². The van der Waals surface area contributed by atoms with Crippen LogP contribution in [0.15, 0.2) is 43.9 Å². The van der Waals surface area contributed by atoms with Gasteiger partial charge < -0.3 is 9.73 Å². The van der Waals surface area contributed by atoms with Crippen molar-refractivity contribution in [2.75, 3.05) is 6.54 Å². The van der Waals surface area contributed by atoms with E-state index in [9.17, 15) is 0 Å². The lowest BCUT2D eigenvalue weighted by Gasteiger charge is -2.19. The van der Waals surface area contributed by atoms with E-state index >= 15 is 0 Å². The summed E-state index contributed by atoms with van der Waals surface area (Å²) in [5.74, 6) is 0.915. The fourth-order valence-electron chi connectivity index (χ4n) is 2.01. The summed E-state index contributed by atoms with van der Waals surface area (Å²) in [5, 5.41) is 3.54. The lowest BCUT2D eigenvalue weighted by molar-refractivity contribution is 0.443. The molecule has 1 aromatic carbocycles. The molecule has 0 radical (unpaired) electrons. The van der Waals surface area contributed by atoms with Crippen molar-refractivity contribution in [2.45, 2.75) is 26.3 Å². The van der Waals surface area contributed by atoms with Gasteiger partial charge in [-0.1, -0.05) is 35.0 Å². The fourth-order valence-corrected chi connectivity index (χ4v) is 3.16. The number of furan rings is 1. The zero-order chi connectivity index (χ0) is 13.8. The minimum atomic E-state index is 0.0549. The highest BCUT2D eigenvalue weighted by atomic mass is 79.9. The molecule has 0 aliphatic heterocycles. The largest absolute Gasteiger partial charge is 0.466 e. The first-order valence-electron chi connectivity index (χ1n) is 6.35. The maximum atomic E-state index is 5.63. The number of benzene rings is 1. The van der Waals surface area contributed by atoms with Crippen molar-refractivity contribution >= 4 is 31.9 Å². The van der Waals surface area contributed by atoms with Gasteiger partial charge in [0, 0.05) is 4.47 Å². The Hall–Kier alpha value is -0.580. The van der Waals surface area contributed by atoms with Crippen LogP contribution in [0.1, 0.15) is 36.3 Å². The molecule has 0 saturated carbocycles. The molecule has 0 bridgehead atoms. The lowest BCUT2D eigenvalue weighted by atomic mass is 10.0. The highest BCUT2D eigenvalue weighted by molar-refractivity contribution is 9.10. The third kappa shape index (κ3) is 3.50. The van der Waals surface area contributed by atoms with Crippen molar-refractivity contribution in [3.05, 3.63) is 56.4 Å². The van der Waals surface area contributed by atoms with Crippen LogP contribution in [-0.2, 0) is 0 Å². The third-order valence-corrected chi connectivity index (χ3v) is 4.31. The van der Waals surface area contributed by atoms with Gasteiger partial charge in [0.15, 0.2) is 0 Å². The van der Waals surface area contributed by atoms with E-state index in [-0.39, 0.29) is 6.04 Å². The van der Waals surface area contributed by atoms with E-state index in [1.165, 1.54) is 11.1 Å². The Kier molecular flexibility index (Phi) is 5.25. The monoisotopic (exact) mass is 385 g/mol. The molecule has 1 heterocycles. The molecule has 0 amide bonds. The van der Waals surface area contributed by atoms with Crippen molar-refractivity contribution in [2.24, 2.45) is 0 Å². The molecule has 0 spiro atoms. The molecule has 0 saturated heterocycles. The number of rotatable bonds is 5. The highest BCUT2D eigenvalue weighted by Crippen LogP contribution is 2.33. The van der Waals surface area contributed by atoms with Gasteiger partial charge >= 0.3 is 0 Å². The average molecular weight is 387 g/mol. The fraction of sp³-hybridized carbons (Fsp3) is 0.333. The Morgan fingerprint density at radius 1 is 1.21 bits per heavy atom. The molecule has 2 nitrogen and oxygen atoms in total. The second kappa shape index (κ2) is 6.73. The first kappa shape index (κ1) is 14.8. The molecule has 0 aliphatic rings. The zero-order valence-electron chi connectivity index (χ0n) is 11.0. The van der Waals surface area contributed by atoms with Gasteiger partial charge in [0.2, 0.25) is 0 Å². The van der Waals surface area contributed by atoms with Crippen molar-refractivity contribution in [1.82, 2.24) is 5.32 Å². The molecule has 2 aromatic rings. The molecular formula is C15H17Br2NO. The maximum absolute atomic E-state index is 5.63. The summed E-state index contributed by atoms with van der Waals surface area (Å²) >= 11 is 7.20. The molecule has 2 rings (SSSR count). The quantitative estimate of drug-likeness (QED) is 0.763. The van der Waals surface area contributed by atoms with Crippen molar-refractivity contribution in [1.29, 1.82) is 0 Å². The molecular weight excluding hydrogens is 370 g/mol. The van der Waals surface area contributed by atoms with Crippen LogP contribution < -0.4 is 5.32 Å². The van der Waals surface area contributed by atoms with Gasteiger partial charge in [-0.15, -0.1) is 0 Å². The Morgan fingerprint density at radius 2 is 2.00 bits per heavy atom. The van der Waals surface area contributed by atoms with Crippen LogP contribution in [0.5, 0.6) is 0 Å². The van der Waals surface area contributed by atoms with Gasteiger partial charge in [0.05, 0.1) is 16.8 Å². The number of nitrogens with one attached hydrogen (secondary N) is 1. The van der Waals surface area contributed by atoms with E-state index in [2.05, 4.69) is 69.2 Å². The minimum Gasteiger partial charge on any atom is -0.466 e. The van der Waals surface area contributed by atoms with Crippen LogP contribution in [0.2, 0.25) is 0 Å². The van der Waals surface area contributed by atoms with Crippen LogP contribution >= 0.6 is 31.9 Å². The van der Waals surface area contributed by atoms with Gasteiger partial charge in [-0.05, 0) is 59.1 Å². The van der Waals surface area contributed by atoms with E-state index in [0.29, 0.717) is 0 Å². The Balaban J connectivity index is 2.40. The molecule has 4 heteroatoms. The second-order valence-corrected chi connectivity index (χ2v) is 6.25. The first-order valence-corrected chi connectivity index (χ1v) is 7.94. The second-order valence-electron chi connectivity index (χ2n) is 4.54. The molecule has 1 atom stereocenters. The van der Waals surface area contributed by atoms with Gasteiger partial charge in [-0.2, -0.15) is 0 Å². The normalized spacial score (nSPS) is 12.6. The predicted molar refractivity (Wildman–Crippen MR) is 85.4 cm³/mol. The summed E-state index contributed by atoms with van der Waals surface area (Å²) in [5.41, 5.74) is 2.43. The number of hydrogen-bond acceptors (Lipinski definition) is 2. The summed E-state index contributed by atoms with van der Waals surface area (Å²) in [6, 6.07) is 8.38. The van der Waals surface area contributed by atoms with Crippen LogP contribution in [-0.4, -0.2) is 6.54 Å². The highest BCUT2D eigenvalue weighted by Gasteiger charge is 2.21. The van der Waals surface area contributed by atoms with E-state index in [1.54, 1.807) is 6.26 Å². The molecule has 1 unspecified atom stereocenters. The van der Waals surface area contributed by atoms with E-state index in [4.69, 9.17) is 4.42 Å². The molecule has 1 aromatic heterocycles. The van der Waals surface area contributed by atoms with Gasteiger partial charge in [-0.25, -0.2) is 0 Å². The summed E-state index contributed by atoms with van der Waals surface area (Å²) in [6.07, 6.45) is 2.79. The van der Waals surface area contributed by atoms with Gasteiger partial charge in [0.1, 0.15) is 5.76 Å². The Bertz CT molecular complexity index is 551. The zero-order valence-corrected chi connectivity index (χ0v) is 14.2. The minimum absolute atomic E-state index is 0.0549. The number of hydrogen-bond donors (Lipinski definition) is 1.